The van der Waals surface area contributed by atoms with E-state index in [1.165, 1.54) is 22.5 Å². The zero-order valence-electron chi connectivity index (χ0n) is 14.5. The van der Waals surface area contributed by atoms with Crippen LogP contribution in [0.15, 0.2) is 53.5 Å². The van der Waals surface area contributed by atoms with Crippen molar-refractivity contribution in [3.63, 3.8) is 0 Å². The Morgan fingerprint density at radius 1 is 0.875 bits per heavy atom. The number of aliphatic imine (C=N–C) groups is 1. The minimum atomic E-state index is 0.748. The summed E-state index contributed by atoms with van der Waals surface area (Å²) in [5.41, 5.74) is 8.04. The fourth-order valence-electron chi connectivity index (χ4n) is 3.08. The SMILES string of the molecule is Cc1cc(C)cc(N=Cc2cc(C)n(-c3ccc(Cl)cc3)c2C)c1. The van der Waals surface area contributed by atoms with Gasteiger partial charge in [-0.3, -0.25) is 4.99 Å². The van der Waals surface area contributed by atoms with Crippen LogP contribution in [0.3, 0.4) is 0 Å². The second kappa shape index (κ2) is 6.66. The molecule has 24 heavy (non-hydrogen) atoms. The summed E-state index contributed by atoms with van der Waals surface area (Å²) in [6.45, 7) is 8.41. The van der Waals surface area contributed by atoms with Gasteiger partial charge in [0.2, 0.25) is 0 Å². The Labute approximate surface area is 148 Å². The highest BCUT2D eigenvalue weighted by atomic mass is 35.5. The van der Waals surface area contributed by atoms with E-state index in [2.05, 4.69) is 61.5 Å². The molecule has 1 heterocycles. The van der Waals surface area contributed by atoms with Gasteiger partial charge in [-0.25, -0.2) is 0 Å². The summed E-state index contributed by atoms with van der Waals surface area (Å²) in [6, 6.07) is 16.4. The van der Waals surface area contributed by atoms with Crippen molar-refractivity contribution in [1.82, 2.24) is 4.57 Å². The molecule has 0 atom stereocenters. The van der Waals surface area contributed by atoms with E-state index in [1.54, 1.807) is 0 Å². The molecule has 0 radical (unpaired) electrons. The number of halogens is 1. The Hall–Kier alpha value is -2.32. The molecule has 0 saturated heterocycles. The van der Waals surface area contributed by atoms with Gasteiger partial charge in [0.25, 0.3) is 0 Å². The lowest BCUT2D eigenvalue weighted by atomic mass is 10.1. The molecule has 3 heteroatoms. The largest absolute Gasteiger partial charge is 0.318 e. The monoisotopic (exact) mass is 336 g/mol. The van der Waals surface area contributed by atoms with Gasteiger partial charge in [-0.05, 0) is 81.3 Å². The molecule has 0 unspecified atom stereocenters. The van der Waals surface area contributed by atoms with Crippen molar-refractivity contribution in [3.8, 4) is 5.69 Å². The van der Waals surface area contributed by atoms with Crippen LogP contribution in [0.25, 0.3) is 5.69 Å². The van der Waals surface area contributed by atoms with Crippen LogP contribution in [0, 0.1) is 27.7 Å². The van der Waals surface area contributed by atoms with Crippen molar-refractivity contribution >= 4 is 23.5 Å². The molecule has 1 aromatic heterocycles. The molecule has 2 aromatic carbocycles. The van der Waals surface area contributed by atoms with Gasteiger partial charge >= 0.3 is 0 Å². The Morgan fingerprint density at radius 2 is 1.50 bits per heavy atom. The first-order valence-corrected chi connectivity index (χ1v) is 8.39. The third-order valence-corrected chi connectivity index (χ3v) is 4.37. The number of benzene rings is 2. The zero-order chi connectivity index (χ0) is 17.3. The molecule has 0 saturated carbocycles. The van der Waals surface area contributed by atoms with Gasteiger partial charge in [0.15, 0.2) is 0 Å². The summed E-state index contributed by atoms with van der Waals surface area (Å²) >= 11 is 6.00. The highest BCUT2D eigenvalue weighted by molar-refractivity contribution is 6.30. The molecule has 122 valence electrons. The van der Waals surface area contributed by atoms with E-state index in [0.29, 0.717) is 0 Å². The van der Waals surface area contributed by atoms with Gasteiger partial charge in [0.1, 0.15) is 0 Å². The number of rotatable bonds is 3. The van der Waals surface area contributed by atoms with Crippen LogP contribution in [0.1, 0.15) is 28.1 Å². The Kier molecular flexibility index (Phi) is 4.59. The van der Waals surface area contributed by atoms with E-state index < -0.39 is 0 Å². The standard InChI is InChI=1S/C21H21ClN2/c1-14-9-15(2)11-20(10-14)23-13-18-12-16(3)24(17(18)4)21-7-5-19(22)6-8-21/h5-13H,1-4H3. The molecule has 2 nitrogen and oxygen atoms in total. The van der Waals surface area contributed by atoms with Crippen molar-refractivity contribution in [2.45, 2.75) is 27.7 Å². The minimum Gasteiger partial charge on any atom is -0.318 e. The number of aromatic nitrogens is 1. The predicted molar refractivity (Wildman–Crippen MR) is 103 cm³/mol. The fourth-order valence-corrected chi connectivity index (χ4v) is 3.20. The quantitative estimate of drug-likeness (QED) is 0.513. The smallest absolute Gasteiger partial charge is 0.0635 e. The normalized spacial score (nSPS) is 11.4. The number of hydrogen-bond acceptors (Lipinski definition) is 1. The molecule has 0 fully saturated rings. The van der Waals surface area contributed by atoms with Crippen molar-refractivity contribution < 1.29 is 0 Å². The fraction of sp³-hybridized carbons (Fsp3) is 0.190. The van der Waals surface area contributed by atoms with Crippen LogP contribution >= 0.6 is 11.6 Å². The molecular weight excluding hydrogens is 316 g/mol. The van der Waals surface area contributed by atoms with Gasteiger partial charge in [-0.15, -0.1) is 0 Å². The first-order valence-electron chi connectivity index (χ1n) is 8.01. The summed E-state index contributed by atoms with van der Waals surface area (Å²) in [5, 5.41) is 0.748. The first-order chi connectivity index (χ1) is 11.4. The molecule has 3 aromatic rings. The van der Waals surface area contributed by atoms with E-state index in [4.69, 9.17) is 11.6 Å². The van der Waals surface area contributed by atoms with Gasteiger partial charge in [0.05, 0.1) is 5.69 Å². The van der Waals surface area contributed by atoms with E-state index in [9.17, 15) is 0 Å². The highest BCUT2D eigenvalue weighted by Crippen LogP contribution is 2.22. The molecular formula is C21H21ClN2. The Balaban J connectivity index is 1.97. The van der Waals surface area contributed by atoms with Crippen molar-refractivity contribution in [1.29, 1.82) is 0 Å². The van der Waals surface area contributed by atoms with E-state index in [0.717, 1.165) is 22.0 Å². The van der Waals surface area contributed by atoms with Crippen molar-refractivity contribution in [3.05, 3.63) is 81.6 Å². The first kappa shape index (κ1) is 16.5. The predicted octanol–water partition coefficient (Wildman–Crippen LogP) is 6.11. The molecule has 0 aliphatic heterocycles. The molecule has 0 amide bonds. The van der Waals surface area contributed by atoms with E-state index >= 15 is 0 Å². The van der Waals surface area contributed by atoms with Crippen LogP contribution in [-0.2, 0) is 0 Å². The lowest BCUT2D eigenvalue weighted by molar-refractivity contribution is 0.965. The topological polar surface area (TPSA) is 17.3 Å². The summed E-state index contributed by atoms with van der Waals surface area (Å²) < 4.78 is 2.22. The van der Waals surface area contributed by atoms with Gasteiger partial charge in [-0.1, -0.05) is 17.7 Å². The van der Waals surface area contributed by atoms with Crippen LogP contribution in [0.5, 0.6) is 0 Å². The second-order valence-electron chi connectivity index (χ2n) is 6.24. The number of hydrogen-bond donors (Lipinski definition) is 0. The molecule has 0 aliphatic carbocycles. The Morgan fingerprint density at radius 3 is 2.12 bits per heavy atom. The van der Waals surface area contributed by atoms with Gasteiger partial charge in [0, 0.05) is 33.9 Å². The van der Waals surface area contributed by atoms with Crippen molar-refractivity contribution in [2.75, 3.05) is 0 Å². The van der Waals surface area contributed by atoms with Gasteiger partial charge < -0.3 is 4.57 Å². The lowest BCUT2D eigenvalue weighted by Crippen LogP contribution is -1.99. The Bertz CT molecular complexity index is 882. The third-order valence-electron chi connectivity index (χ3n) is 4.11. The molecule has 0 aliphatic rings. The maximum absolute atomic E-state index is 6.00. The summed E-state index contributed by atoms with van der Waals surface area (Å²) in [7, 11) is 0. The minimum absolute atomic E-state index is 0.748. The third kappa shape index (κ3) is 3.44. The van der Waals surface area contributed by atoms with E-state index in [1.807, 2.05) is 30.5 Å². The van der Waals surface area contributed by atoms with Gasteiger partial charge in [-0.2, -0.15) is 0 Å². The summed E-state index contributed by atoms with van der Waals surface area (Å²) in [4.78, 5) is 4.66. The summed E-state index contributed by atoms with van der Waals surface area (Å²) in [6.07, 6.45) is 1.95. The lowest BCUT2D eigenvalue weighted by Gasteiger charge is -2.09. The average Bonchev–Trinajstić information content (AvgIpc) is 2.80. The highest BCUT2D eigenvalue weighted by Gasteiger charge is 2.09. The number of aryl methyl sites for hydroxylation is 3. The zero-order valence-corrected chi connectivity index (χ0v) is 15.2. The molecule has 0 spiro atoms. The van der Waals surface area contributed by atoms with Crippen LogP contribution in [0.2, 0.25) is 5.02 Å². The molecule has 0 N–H and O–H groups in total. The molecule has 0 bridgehead atoms. The van der Waals surface area contributed by atoms with Crippen molar-refractivity contribution in [2.24, 2.45) is 4.99 Å². The van der Waals surface area contributed by atoms with Crippen LogP contribution < -0.4 is 0 Å². The maximum Gasteiger partial charge on any atom is 0.0635 e. The van der Waals surface area contributed by atoms with E-state index in [-0.39, 0.29) is 0 Å². The van der Waals surface area contributed by atoms with Crippen LogP contribution in [0.4, 0.5) is 5.69 Å². The maximum atomic E-state index is 6.00. The molecule has 3 rings (SSSR count). The number of nitrogens with zero attached hydrogens (tertiary/aromatic N) is 2. The van der Waals surface area contributed by atoms with Crippen LogP contribution in [-0.4, -0.2) is 10.8 Å². The average molecular weight is 337 g/mol. The summed E-state index contributed by atoms with van der Waals surface area (Å²) in [5.74, 6) is 0. The second-order valence-corrected chi connectivity index (χ2v) is 6.68.